The summed E-state index contributed by atoms with van der Waals surface area (Å²) in [7, 11) is 1.97. The van der Waals surface area contributed by atoms with E-state index in [-0.39, 0.29) is 6.04 Å². The molecule has 1 unspecified atom stereocenters. The van der Waals surface area contributed by atoms with Gasteiger partial charge in [-0.15, -0.1) is 0 Å². The van der Waals surface area contributed by atoms with Crippen LogP contribution in [0.25, 0.3) is 10.9 Å². The molecule has 0 saturated heterocycles. The quantitative estimate of drug-likeness (QED) is 0.408. The van der Waals surface area contributed by atoms with Gasteiger partial charge in [0, 0.05) is 22.4 Å². The molecule has 108 valence electrons. The number of aromatic nitrogens is 2. The third-order valence-corrected chi connectivity index (χ3v) is 4.42. The van der Waals surface area contributed by atoms with Crippen LogP contribution in [0.1, 0.15) is 17.3 Å². The van der Waals surface area contributed by atoms with Gasteiger partial charge >= 0.3 is 0 Å². The zero-order valence-corrected chi connectivity index (χ0v) is 13.9. The Morgan fingerprint density at radius 1 is 1.19 bits per heavy atom. The number of hydrogen-bond donors (Lipinski definition) is 2. The summed E-state index contributed by atoms with van der Waals surface area (Å²) < 4.78 is 3.14. The average molecular weight is 392 g/mol. The van der Waals surface area contributed by atoms with Crippen molar-refractivity contribution in [1.29, 1.82) is 0 Å². The first kappa shape index (κ1) is 14.5. The van der Waals surface area contributed by atoms with E-state index in [1.54, 1.807) is 0 Å². The smallest absolute Gasteiger partial charge is 0.0722 e. The van der Waals surface area contributed by atoms with Gasteiger partial charge in [-0.1, -0.05) is 30.3 Å². The lowest BCUT2D eigenvalue weighted by atomic mass is 10.0. The molecule has 3 N–H and O–H groups in total. The molecule has 2 aromatic carbocycles. The fraction of sp³-hybridized carbons (Fsp3) is 0.188. The number of aryl methyl sites for hydroxylation is 1. The molecule has 21 heavy (non-hydrogen) atoms. The van der Waals surface area contributed by atoms with Crippen molar-refractivity contribution in [3.05, 3.63) is 63.4 Å². The molecule has 0 saturated carbocycles. The van der Waals surface area contributed by atoms with E-state index in [1.165, 1.54) is 14.5 Å². The predicted molar refractivity (Wildman–Crippen MR) is 93.6 cm³/mol. The Labute approximate surface area is 137 Å². The fourth-order valence-corrected chi connectivity index (χ4v) is 2.96. The van der Waals surface area contributed by atoms with Crippen LogP contribution in [-0.4, -0.2) is 9.78 Å². The van der Waals surface area contributed by atoms with Crippen LogP contribution in [0.3, 0.4) is 0 Å². The van der Waals surface area contributed by atoms with Crippen molar-refractivity contribution in [2.75, 3.05) is 0 Å². The van der Waals surface area contributed by atoms with Crippen LogP contribution >= 0.6 is 22.6 Å². The Kier molecular flexibility index (Phi) is 4.23. The molecule has 0 aliphatic heterocycles. The fourth-order valence-electron chi connectivity index (χ4n) is 2.60. The van der Waals surface area contributed by atoms with Gasteiger partial charge in [-0.3, -0.25) is 16.0 Å². The summed E-state index contributed by atoms with van der Waals surface area (Å²) >= 11 is 2.30. The lowest BCUT2D eigenvalue weighted by Crippen LogP contribution is -2.29. The molecule has 0 fully saturated rings. The molecule has 0 spiro atoms. The highest BCUT2D eigenvalue weighted by Crippen LogP contribution is 2.24. The highest BCUT2D eigenvalue weighted by atomic mass is 127. The molecule has 3 aromatic rings. The molecule has 0 aliphatic rings. The molecule has 1 heterocycles. The number of fused-ring (bicyclic) bond motifs is 1. The minimum Gasteiger partial charge on any atom is -0.271 e. The molecule has 3 rings (SSSR count). The first-order valence-electron chi connectivity index (χ1n) is 6.81. The molecular weight excluding hydrogens is 375 g/mol. The van der Waals surface area contributed by atoms with Crippen LogP contribution in [0.15, 0.2) is 48.5 Å². The summed E-state index contributed by atoms with van der Waals surface area (Å²) in [6, 6.07) is 16.7. The Morgan fingerprint density at radius 3 is 2.62 bits per heavy atom. The normalized spacial score (nSPS) is 12.7. The average Bonchev–Trinajstić information content (AvgIpc) is 2.83. The predicted octanol–water partition coefficient (Wildman–Crippen LogP) is 2.93. The SMILES string of the molecule is Cn1nc(CC(NN)c2ccc(I)cc2)c2ccccc21. The topological polar surface area (TPSA) is 55.9 Å². The third-order valence-electron chi connectivity index (χ3n) is 3.71. The van der Waals surface area contributed by atoms with Crippen LogP contribution < -0.4 is 11.3 Å². The van der Waals surface area contributed by atoms with Crippen LogP contribution in [0.5, 0.6) is 0 Å². The summed E-state index contributed by atoms with van der Waals surface area (Å²) in [6.45, 7) is 0. The van der Waals surface area contributed by atoms with E-state index < -0.39 is 0 Å². The summed E-state index contributed by atoms with van der Waals surface area (Å²) in [6.07, 6.45) is 0.762. The van der Waals surface area contributed by atoms with Gasteiger partial charge in [0.25, 0.3) is 0 Å². The standard InChI is InChI=1S/C16H17IN4/c1-21-16-5-3-2-4-13(16)15(20-21)10-14(19-18)11-6-8-12(17)9-7-11/h2-9,14,19H,10,18H2,1H3. The number of nitrogens with two attached hydrogens (primary N) is 1. The van der Waals surface area contributed by atoms with Crippen LogP contribution in [0.2, 0.25) is 0 Å². The zero-order chi connectivity index (χ0) is 14.8. The van der Waals surface area contributed by atoms with Crippen LogP contribution in [0.4, 0.5) is 0 Å². The Hall–Kier alpha value is -1.44. The molecule has 5 heteroatoms. The van der Waals surface area contributed by atoms with E-state index in [4.69, 9.17) is 5.84 Å². The van der Waals surface area contributed by atoms with Crippen molar-refractivity contribution >= 4 is 33.5 Å². The van der Waals surface area contributed by atoms with E-state index in [2.05, 4.69) is 69.5 Å². The molecule has 0 amide bonds. The Bertz CT molecular complexity index is 749. The van der Waals surface area contributed by atoms with Gasteiger partial charge < -0.3 is 0 Å². The number of benzene rings is 2. The first-order chi connectivity index (χ1) is 10.2. The van der Waals surface area contributed by atoms with E-state index in [0.29, 0.717) is 0 Å². The minimum absolute atomic E-state index is 0.0558. The van der Waals surface area contributed by atoms with Crippen molar-refractivity contribution in [3.63, 3.8) is 0 Å². The van der Waals surface area contributed by atoms with Gasteiger partial charge in [0.1, 0.15) is 0 Å². The van der Waals surface area contributed by atoms with Gasteiger partial charge in [-0.25, -0.2) is 0 Å². The largest absolute Gasteiger partial charge is 0.271 e. The van der Waals surface area contributed by atoms with Crippen molar-refractivity contribution in [2.24, 2.45) is 12.9 Å². The molecule has 0 bridgehead atoms. The number of para-hydroxylation sites is 1. The lowest BCUT2D eigenvalue weighted by molar-refractivity contribution is 0.543. The number of hydrazine groups is 1. The summed E-state index contributed by atoms with van der Waals surface area (Å²) in [5, 5.41) is 5.83. The van der Waals surface area contributed by atoms with Crippen molar-refractivity contribution in [1.82, 2.24) is 15.2 Å². The first-order valence-corrected chi connectivity index (χ1v) is 7.89. The number of nitrogens with zero attached hydrogens (tertiary/aromatic N) is 2. The van der Waals surface area contributed by atoms with Crippen molar-refractivity contribution in [2.45, 2.75) is 12.5 Å². The van der Waals surface area contributed by atoms with Gasteiger partial charge in [-0.2, -0.15) is 5.10 Å². The van der Waals surface area contributed by atoms with Crippen LogP contribution in [0, 0.1) is 3.57 Å². The highest BCUT2D eigenvalue weighted by molar-refractivity contribution is 14.1. The summed E-state index contributed by atoms with van der Waals surface area (Å²) in [4.78, 5) is 0. The second-order valence-electron chi connectivity index (χ2n) is 5.06. The molecule has 1 atom stereocenters. The van der Waals surface area contributed by atoms with Crippen molar-refractivity contribution < 1.29 is 0 Å². The molecule has 4 nitrogen and oxygen atoms in total. The van der Waals surface area contributed by atoms with E-state index in [9.17, 15) is 0 Å². The Balaban J connectivity index is 1.94. The number of hydrogen-bond acceptors (Lipinski definition) is 3. The van der Waals surface area contributed by atoms with Crippen molar-refractivity contribution in [3.8, 4) is 0 Å². The maximum Gasteiger partial charge on any atom is 0.0722 e. The number of halogens is 1. The summed E-state index contributed by atoms with van der Waals surface area (Å²) in [5.74, 6) is 5.76. The van der Waals surface area contributed by atoms with Gasteiger partial charge in [0.05, 0.1) is 17.3 Å². The molecule has 1 aromatic heterocycles. The number of rotatable bonds is 4. The lowest BCUT2D eigenvalue weighted by Gasteiger charge is -2.15. The zero-order valence-electron chi connectivity index (χ0n) is 11.8. The molecule has 0 aliphatic carbocycles. The number of nitrogens with one attached hydrogen (secondary N) is 1. The van der Waals surface area contributed by atoms with Gasteiger partial charge in [0.15, 0.2) is 0 Å². The molecular formula is C16H17IN4. The van der Waals surface area contributed by atoms with E-state index in [0.717, 1.165) is 17.6 Å². The monoisotopic (exact) mass is 392 g/mol. The van der Waals surface area contributed by atoms with E-state index in [1.807, 2.05) is 23.9 Å². The van der Waals surface area contributed by atoms with Crippen LogP contribution in [-0.2, 0) is 13.5 Å². The maximum absolute atomic E-state index is 5.76. The second kappa shape index (κ2) is 6.13. The second-order valence-corrected chi connectivity index (χ2v) is 6.31. The van der Waals surface area contributed by atoms with Gasteiger partial charge in [0.2, 0.25) is 0 Å². The molecule has 0 radical (unpaired) electrons. The highest BCUT2D eigenvalue weighted by Gasteiger charge is 2.15. The van der Waals surface area contributed by atoms with E-state index >= 15 is 0 Å². The minimum atomic E-state index is 0.0558. The van der Waals surface area contributed by atoms with Gasteiger partial charge in [-0.05, 0) is 46.4 Å². The summed E-state index contributed by atoms with van der Waals surface area (Å²) in [5.41, 5.74) is 6.29. The maximum atomic E-state index is 5.76. The third kappa shape index (κ3) is 2.95. The Morgan fingerprint density at radius 2 is 1.90 bits per heavy atom.